The SMILES string of the molecule is CC(=Nc1ncccn1)c1ccccc1.[Br][Ni][Br]. The first kappa shape index (κ1) is 15.5. The quantitative estimate of drug-likeness (QED) is 0.541. The van der Waals surface area contributed by atoms with Gasteiger partial charge in [-0.25, -0.2) is 15.0 Å². The molecule has 0 N–H and O–H groups in total. The van der Waals surface area contributed by atoms with Crippen LogP contribution in [-0.2, 0) is 10.9 Å². The summed E-state index contributed by atoms with van der Waals surface area (Å²) in [5.41, 5.74) is 2.01. The Kier molecular flexibility index (Phi) is 8.06. The summed E-state index contributed by atoms with van der Waals surface area (Å²) in [6.07, 6.45) is 3.37. The van der Waals surface area contributed by atoms with Gasteiger partial charge in [0.2, 0.25) is 5.95 Å². The van der Waals surface area contributed by atoms with E-state index in [0.717, 1.165) is 11.3 Å². The first-order valence-corrected chi connectivity index (χ1v) is 9.86. The zero-order valence-corrected chi connectivity index (χ0v) is 13.7. The predicted molar refractivity (Wildman–Crippen MR) is 78.2 cm³/mol. The van der Waals surface area contributed by atoms with Gasteiger partial charge >= 0.3 is 39.3 Å². The third-order valence-electron chi connectivity index (χ3n) is 2.01. The Morgan fingerprint density at radius 3 is 2.17 bits per heavy atom. The average Bonchev–Trinajstić information content (AvgIpc) is 2.42. The van der Waals surface area contributed by atoms with E-state index < -0.39 is 0 Å². The normalized spacial score (nSPS) is 10.7. The van der Waals surface area contributed by atoms with Gasteiger partial charge in [-0.15, -0.1) is 0 Å². The van der Waals surface area contributed by atoms with Crippen LogP contribution in [0.15, 0.2) is 53.8 Å². The molecular weight excluding hydrogens is 405 g/mol. The average molecular weight is 416 g/mol. The second kappa shape index (κ2) is 9.37. The van der Waals surface area contributed by atoms with E-state index in [1.807, 2.05) is 37.3 Å². The molecule has 0 spiro atoms. The van der Waals surface area contributed by atoms with Gasteiger partial charge in [-0.05, 0) is 18.6 Å². The summed E-state index contributed by atoms with van der Waals surface area (Å²) >= 11 is 6.00. The van der Waals surface area contributed by atoms with E-state index in [-0.39, 0.29) is 0 Å². The number of hydrogen-bond donors (Lipinski definition) is 0. The van der Waals surface area contributed by atoms with Crippen LogP contribution in [-0.4, -0.2) is 15.7 Å². The second-order valence-electron chi connectivity index (χ2n) is 3.16. The zero-order valence-electron chi connectivity index (χ0n) is 9.53. The van der Waals surface area contributed by atoms with E-state index in [0.29, 0.717) is 5.95 Å². The monoisotopic (exact) mass is 413 g/mol. The molecule has 0 unspecified atom stereocenters. The van der Waals surface area contributed by atoms with Crippen molar-refractivity contribution < 1.29 is 10.9 Å². The van der Waals surface area contributed by atoms with Gasteiger partial charge in [-0.3, -0.25) is 0 Å². The molecule has 3 nitrogen and oxygen atoms in total. The molecule has 0 saturated carbocycles. The Morgan fingerprint density at radius 2 is 1.61 bits per heavy atom. The molecule has 0 atom stereocenters. The second-order valence-corrected chi connectivity index (χ2v) is 8.14. The molecule has 0 amide bonds. The molecular formula is C12H11Br2N3Ni. The molecule has 1 aromatic heterocycles. The molecule has 0 saturated heterocycles. The van der Waals surface area contributed by atoms with E-state index in [9.17, 15) is 0 Å². The Balaban J connectivity index is 0.000000492. The van der Waals surface area contributed by atoms with Gasteiger partial charge in [0.1, 0.15) is 0 Å². The summed E-state index contributed by atoms with van der Waals surface area (Å²) in [5.74, 6) is 0.499. The van der Waals surface area contributed by atoms with Crippen LogP contribution in [0.2, 0.25) is 0 Å². The van der Waals surface area contributed by atoms with Crippen molar-refractivity contribution in [2.24, 2.45) is 4.99 Å². The van der Waals surface area contributed by atoms with Crippen molar-refractivity contribution >= 4 is 40.1 Å². The molecule has 0 aliphatic carbocycles. The Labute approximate surface area is 127 Å². The number of aromatic nitrogens is 2. The standard InChI is InChI=1S/C12H11N3.2BrH.Ni/c1-10(11-6-3-2-4-7-11)15-12-13-8-5-9-14-12;;;/h2-9H,1H3;2*1H;/q;;;+2/p-2. The molecule has 0 aliphatic rings. The van der Waals surface area contributed by atoms with Crippen LogP contribution >= 0.6 is 28.5 Å². The number of aliphatic imine (C=N–C) groups is 1. The van der Waals surface area contributed by atoms with Gasteiger partial charge in [-0.2, -0.15) is 0 Å². The van der Waals surface area contributed by atoms with Gasteiger partial charge in [-0.1, -0.05) is 30.3 Å². The molecule has 1 aromatic carbocycles. The fraction of sp³-hybridized carbons (Fsp3) is 0.0833. The molecule has 0 bridgehead atoms. The van der Waals surface area contributed by atoms with Crippen molar-refractivity contribution in [3.05, 3.63) is 54.4 Å². The molecule has 0 radical (unpaired) electrons. The number of nitrogens with zero attached hydrogens (tertiary/aromatic N) is 3. The molecule has 2 rings (SSSR count). The predicted octanol–water partition coefficient (Wildman–Crippen LogP) is 4.31. The van der Waals surface area contributed by atoms with Crippen molar-refractivity contribution in [3.8, 4) is 0 Å². The minimum atomic E-state index is 0.499. The van der Waals surface area contributed by atoms with E-state index >= 15 is 0 Å². The third-order valence-corrected chi connectivity index (χ3v) is 2.01. The number of hydrogen-bond acceptors (Lipinski definition) is 3. The van der Waals surface area contributed by atoms with Crippen LogP contribution < -0.4 is 0 Å². The first-order valence-electron chi connectivity index (χ1n) is 4.98. The maximum absolute atomic E-state index is 4.32. The molecule has 0 fully saturated rings. The number of benzene rings is 1. The summed E-state index contributed by atoms with van der Waals surface area (Å²) in [5, 5.41) is 0. The summed E-state index contributed by atoms with van der Waals surface area (Å²) in [4.78, 5) is 12.4. The van der Waals surface area contributed by atoms with Crippen LogP contribution in [0, 0.1) is 0 Å². The fourth-order valence-corrected chi connectivity index (χ4v) is 1.24. The van der Waals surface area contributed by atoms with Gasteiger partial charge in [0, 0.05) is 18.1 Å². The van der Waals surface area contributed by atoms with Crippen molar-refractivity contribution in [3.63, 3.8) is 0 Å². The molecule has 18 heavy (non-hydrogen) atoms. The van der Waals surface area contributed by atoms with Gasteiger partial charge in [0.25, 0.3) is 0 Å². The molecule has 2 aromatic rings. The summed E-state index contributed by atoms with van der Waals surface area (Å²) in [6.45, 7) is 1.95. The zero-order chi connectivity index (χ0) is 13.2. The van der Waals surface area contributed by atoms with Gasteiger partial charge in [0.15, 0.2) is 0 Å². The topological polar surface area (TPSA) is 38.1 Å². The van der Waals surface area contributed by atoms with E-state index in [1.165, 1.54) is 10.9 Å². The third kappa shape index (κ3) is 5.85. The number of rotatable bonds is 2. The van der Waals surface area contributed by atoms with Crippen molar-refractivity contribution in [1.82, 2.24) is 9.97 Å². The first-order chi connectivity index (χ1) is 8.77. The summed E-state index contributed by atoms with van der Waals surface area (Å²) < 4.78 is 0. The van der Waals surface area contributed by atoms with Crippen molar-refractivity contribution in [2.75, 3.05) is 0 Å². The minimum absolute atomic E-state index is 0.499. The molecule has 6 heteroatoms. The Bertz CT molecular complexity index is 477. The summed E-state index contributed by atoms with van der Waals surface area (Å²) in [6, 6.07) is 11.8. The number of halogens is 2. The van der Waals surface area contributed by atoms with Gasteiger partial charge < -0.3 is 0 Å². The maximum atomic E-state index is 4.32. The van der Waals surface area contributed by atoms with Crippen LogP contribution in [0.3, 0.4) is 0 Å². The molecule has 0 aliphatic heterocycles. The van der Waals surface area contributed by atoms with E-state index in [1.54, 1.807) is 18.5 Å². The molecule has 98 valence electrons. The fourth-order valence-electron chi connectivity index (χ4n) is 1.24. The van der Waals surface area contributed by atoms with Crippen molar-refractivity contribution in [2.45, 2.75) is 6.92 Å². The Morgan fingerprint density at radius 1 is 1.06 bits per heavy atom. The van der Waals surface area contributed by atoms with Crippen LogP contribution in [0.25, 0.3) is 0 Å². The molecule has 1 heterocycles. The van der Waals surface area contributed by atoms with Crippen LogP contribution in [0.5, 0.6) is 0 Å². The van der Waals surface area contributed by atoms with E-state index in [4.69, 9.17) is 0 Å². The van der Waals surface area contributed by atoms with Crippen molar-refractivity contribution in [1.29, 1.82) is 0 Å². The van der Waals surface area contributed by atoms with Crippen LogP contribution in [0.4, 0.5) is 5.95 Å². The summed E-state index contributed by atoms with van der Waals surface area (Å²) in [7, 11) is 1.25. The van der Waals surface area contributed by atoms with Crippen LogP contribution in [0.1, 0.15) is 12.5 Å². The Hall–Kier alpha value is -0.576. The van der Waals surface area contributed by atoms with Gasteiger partial charge in [0.05, 0.1) is 0 Å². The van der Waals surface area contributed by atoms with E-state index in [2.05, 4.69) is 43.4 Å².